The van der Waals surface area contributed by atoms with Crippen molar-refractivity contribution in [3.63, 3.8) is 0 Å². The summed E-state index contributed by atoms with van der Waals surface area (Å²) < 4.78 is 5.40. The van der Waals surface area contributed by atoms with E-state index in [1.54, 1.807) is 7.11 Å². The van der Waals surface area contributed by atoms with Crippen LogP contribution < -0.4 is 15.4 Å². The Labute approximate surface area is 160 Å². The van der Waals surface area contributed by atoms with Gasteiger partial charge < -0.3 is 15.4 Å². The molecular formula is C22H26N4O. The van der Waals surface area contributed by atoms with Crippen molar-refractivity contribution in [2.75, 3.05) is 24.3 Å². The fourth-order valence-corrected chi connectivity index (χ4v) is 2.86. The number of aryl methyl sites for hydroxylation is 2. The molecule has 0 fully saturated rings. The molecule has 0 aliphatic rings. The summed E-state index contributed by atoms with van der Waals surface area (Å²) in [5, 5.41) is 6.69. The Kier molecular flexibility index (Phi) is 6.26. The molecule has 0 radical (unpaired) electrons. The lowest BCUT2D eigenvalue weighted by atomic mass is 10.1. The van der Waals surface area contributed by atoms with Crippen LogP contribution in [0.1, 0.15) is 22.4 Å². The van der Waals surface area contributed by atoms with E-state index in [9.17, 15) is 0 Å². The minimum atomic E-state index is 0.635. The van der Waals surface area contributed by atoms with E-state index in [-0.39, 0.29) is 0 Å². The van der Waals surface area contributed by atoms with Crippen molar-refractivity contribution in [3.8, 4) is 5.75 Å². The molecule has 0 saturated carbocycles. The molecule has 0 spiro atoms. The smallest absolute Gasteiger partial charge is 0.224 e. The Bertz CT molecular complexity index is 878. The average Bonchev–Trinajstić information content (AvgIpc) is 2.67. The van der Waals surface area contributed by atoms with Crippen LogP contribution >= 0.6 is 0 Å². The van der Waals surface area contributed by atoms with Crippen LogP contribution in [0, 0.1) is 13.8 Å². The normalized spacial score (nSPS) is 10.5. The Morgan fingerprint density at radius 2 is 1.70 bits per heavy atom. The van der Waals surface area contributed by atoms with Crippen LogP contribution in [-0.4, -0.2) is 23.6 Å². The summed E-state index contributed by atoms with van der Waals surface area (Å²) in [6.45, 7) is 5.54. The minimum absolute atomic E-state index is 0.635. The molecule has 3 rings (SSSR count). The molecule has 2 aromatic carbocycles. The van der Waals surface area contributed by atoms with Crippen molar-refractivity contribution in [1.82, 2.24) is 9.97 Å². The Hall–Kier alpha value is -3.08. The molecular weight excluding hydrogens is 336 g/mol. The summed E-state index contributed by atoms with van der Waals surface area (Å²) >= 11 is 0. The van der Waals surface area contributed by atoms with Crippen LogP contribution in [0.4, 0.5) is 11.8 Å². The van der Waals surface area contributed by atoms with Crippen LogP contribution in [0.3, 0.4) is 0 Å². The second-order valence-corrected chi connectivity index (χ2v) is 6.55. The van der Waals surface area contributed by atoms with Gasteiger partial charge in [0.25, 0.3) is 0 Å². The van der Waals surface area contributed by atoms with Gasteiger partial charge in [-0.1, -0.05) is 48.0 Å². The standard InChI is InChI=1S/C22H26N4O/c1-16-8-10-18(11-9-16)15-24-21-14-17(2)25-22(26-21)23-13-12-19-6-4-5-7-20(19)27-3/h4-11,14H,12-13,15H2,1-3H3,(H2,23,24,25,26). The maximum atomic E-state index is 5.40. The highest BCUT2D eigenvalue weighted by Gasteiger charge is 2.05. The van der Waals surface area contributed by atoms with Crippen molar-refractivity contribution in [1.29, 1.82) is 0 Å². The van der Waals surface area contributed by atoms with E-state index >= 15 is 0 Å². The second-order valence-electron chi connectivity index (χ2n) is 6.55. The SMILES string of the molecule is COc1ccccc1CCNc1nc(C)cc(NCc2ccc(C)cc2)n1. The molecule has 0 amide bonds. The summed E-state index contributed by atoms with van der Waals surface area (Å²) in [7, 11) is 1.70. The van der Waals surface area contributed by atoms with Gasteiger partial charge in [-0.3, -0.25) is 0 Å². The molecule has 0 aliphatic carbocycles. The fraction of sp³-hybridized carbons (Fsp3) is 0.273. The Morgan fingerprint density at radius 3 is 2.48 bits per heavy atom. The summed E-state index contributed by atoms with van der Waals surface area (Å²) in [6.07, 6.45) is 0.841. The van der Waals surface area contributed by atoms with Crippen molar-refractivity contribution in [2.45, 2.75) is 26.8 Å². The zero-order chi connectivity index (χ0) is 19.1. The first-order chi connectivity index (χ1) is 13.1. The molecule has 1 heterocycles. The molecule has 140 valence electrons. The lowest BCUT2D eigenvalue weighted by Gasteiger charge is -2.11. The highest BCUT2D eigenvalue weighted by molar-refractivity contribution is 5.43. The van der Waals surface area contributed by atoms with Crippen LogP contribution in [0.5, 0.6) is 5.75 Å². The van der Waals surface area contributed by atoms with Crippen molar-refractivity contribution in [3.05, 3.63) is 77.0 Å². The molecule has 0 atom stereocenters. The van der Waals surface area contributed by atoms with Crippen molar-refractivity contribution in [2.24, 2.45) is 0 Å². The highest BCUT2D eigenvalue weighted by atomic mass is 16.5. The molecule has 5 nitrogen and oxygen atoms in total. The molecule has 0 bridgehead atoms. The number of nitrogens with zero attached hydrogens (tertiary/aromatic N) is 2. The van der Waals surface area contributed by atoms with E-state index in [4.69, 9.17) is 4.74 Å². The first-order valence-electron chi connectivity index (χ1n) is 9.15. The summed E-state index contributed by atoms with van der Waals surface area (Å²) in [6, 6.07) is 18.5. The molecule has 1 aromatic heterocycles. The van der Waals surface area contributed by atoms with Gasteiger partial charge in [0.1, 0.15) is 11.6 Å². The number of hydrogen-bond acceptors (Lipinski definition) is 5. The lowest BCUT2D eigenvalue weighted by Crippen LogP contribution is -2.11. The van der Waals surface area contributed by atoms with Crippen molar-refractivity contribution >= 4 is 11.8 Å². The highest BCUT2D eigenvalue weighted by Crippen LogP contribution is 2.18. The third-order valence-corrected chi connectivity index (χ3v) is 4.32. The largest absolute Gasteiger partial charge is 0.496 e. The third kappa shape index (κ3) is 5.45. The molecule has 0 unspecified atom stereocenters. The summed E-state index contributed by atoms with van der Waals surface area (Å²) in [4.78, 5) is 9.06. The molecule has 0 saturated heterocycles. The predicted molar refractivity (Wildman–Crippen MR) is 110 cm³/mol. The average molecular weight is 362 g/mol. The fourth-order valence-electron chi connectivity index (χ4n) is 2.86. The van der Waals surface area contributed by atoms with Gasteiger partial charge in [-0.2, -0.15) is 4.98 Å². The molecule has 27 heavy (non-hydrogen) atoms. The Morgan fingerprint density at radius 1 is 0.926 bits per heavy atom. The number of nitrogens with one attached hydrogen (secondary N) is 2. The van der Waals surface area contributed by atoms with Crippen LogP contribution in [0.25, 0.3) is 0 Å². The first kappa shape index (κ1) is 18.7. The van der Waals surface area contributed by atoms with Crippen molar-refractivity contribution < 1.29 is 4.74 Å². The molecule has 5 heteroatoms. The second kappa shape index (κ2) is 9.03. The van der Waals surface area contributed by atoms with E-state index in [0.29, 0.717) is 5.95 Å². The van der Waals surface area contributed by atoms with Crippen LogP contribution in [0.2, 0.25) is 0 Å². The van der Waals surface area contributed by atoms with E-state index in [1.165, 1.54) is 11.1 Å². The maximum absolute atomic E-state index is 5.40. The number of methoxy groups -OCH3 is 1. The molecule has 0 aliphatic heterocycles. The number of benzene rings is 2. The van der Waals surface area contributed by atoms with Gasteiger partial charge >= 0.3 is 0 Å². The number of rotatable bonds is 8. The summed E-state index contributed by atoms with van der Waals surface area (Å²) in [5.74, 6) is 2.36. The van der Waals surface area contributed by atoms with Gasteiger partial charge in [-0.15, -0.1) is 0 Å². The monoisotopic (exact) mass is 362 g/mol. The maximum Gasteiger partial charge on any atom is 0.224 e. The topological polar surface area (TPSA) is 59.1 Å². The third-order valence-electron chi connectivity index (χ3n) is 4.32. The number of para-hydroxylation sites is 1. The van der Waals surface area contributed by atoms with Gasteiger partial charge in [-0.05, 0) is 37.5 Å². The lowest BCUT2D eigenvalue weighted by molar-refractivity contribution is 0.410. The van der Waals surface area contributed by atoms with Crippen LogP contribution in [-0.2, 0) is 13.0 Å². The number of aromatic nitrogens is 2. The first-order valence-corrected chi connectivity index (χ1v) is 9.15. The number of ether oxygens (including phenoxy) is 1. The quantitative estimate of drug-likeness (QED) is 0.623. The van der Waals surface area contributed by atoms with E-state index < -0.39 is 0 Å². The van der Waals surface area contributed by atoms with Crippen LogP contribution in [0.15, 0.2) is 54.6 Å². The predicted octanol–water partition coefficient (Wildman–Crippen LogP) is 4.37. The molecule has 3 aromatic rings. The summed E-state index contributed by atoms with van der Waals surface area (Å²) in [5.41, 5.74) is 4.58. The van der Waals surface area contributed by atoms with Gasteiger partial charge in [0.2, 0.25) is 5.95 Å². The Balaban J connectivity index is 1.58. The molecule has 2 N–H and O–H groups in total. The van der Waals surface area contributed by atoms with Gasteiger partial charge in [-0.25, -0.2) is 4.98 Å². The zero-order valence-corrected chi connectivity index (χ0v) is 16.1. The van der Waals surface area contributed by atoms with E-state index in [1.807, 2.05) is 31.2 Å². The van der Waals surface area contributed by atoms with Gasteiger partial charge in [0.05, 0.1) is 7.11 Å². The van der Waals surface area contributed by atoms with Gasteiger partial charge in [0.15, 0.2) is 0 Å². The van der Waals surface area contributed by atoms with E-state index in [0.717, 1.165) is 42.3 Å². The van der Waals surface area contributed by atoms with Gasteiger partial charge in [0, 0.05) is 24.8 Å². The number of hydrogen-bond donors (Lipinski definition) is 2. The zero-order valence-electron chi connectivity index (χ0n) is 16.1. The number of anilines is 2. The van der Waals surface area contributed by atoms with E-state index in [2.05, 4.69) is 57.9 Å². The minimum Gasteiger partial charge on any atom is -0.496 e.